The van der Waals surface area contributed by atoms with E-state index < -0.39 is 0 Å². The summed E-state index contributed by atoms with van der Waals surface area (Å²) in [6.07, 6.45) is 9.43. The molecule has 29 heavy (non-hydrogen) atoms. The predicted molar refractivity (Wildman–Crippen MR) is 112 cm³/mol. The predicted octanol–water partition coefficient (Wildman–Crippen LogP) is 4.92. The Morgan fingerprint density at radius 1 is 1.21 bits per heavy atom. The van der Waals surface area contributed by atoms with E-state index >= 15 is 0 Å². The number of carbonyl (C=O) groups excluding carboxylic acids is 1. The molecule has 1 heterocycles. The number of aryl methyl sites for hydroxylation is 1. The largest absolute Gasteiger partial charge is 0.471 e. The van der Waals surface area contributed by atoms with E-state index in [0.717, 1.165) is 34.1 Å². The zero-order valence-corrected chi connectivity index (χ0v) is 17.9. The van der Waals surface area contributed by atoms with Crippen molar-refractivity contribution < 1.29 is 9.53 Å². The molecular weight excluding hydrogens is 386 g/mol. The van der Waals surface area contributed by atoms with Crippen LogP contribution in [-0.2, 0) is 6.73 Å². The third kappa shape index (κ3) is 3.43. The molecule has 0 unspecified atom stereocenters. The Morgan fingerprint density at radius 2 is 1.86 bits per heavy atom. The lowest BCUT2D eigenvalue weighted by Gasteiger charge is -2.59. The molecule has 4 bridgehead atoms. The van der Waals surface area contributed by atoms with Crippen LogP contribution >= 0.6 is 11.6 Å². The summed E-state index contributed by atoms with van der Waals surface area (Å²) in [6, 6.07) is 7.37. The summed E-state index contributed by atoms with van der Waals surface area (Å²) in [5.41, 5.74) is 1.52. The van der Waals surface area contributed by atoms with Gasteiger partial charge in [-0.2, -0.15) is 5.10 Å². The zero-order valence-electron chi connectivity index (χ0n) is 17.1. The van der Waals surface area contributed by atoms with Crippen molar-refractivity contribution in [2.24, 2.45) is 17.8 Å². The highest BCUT2D eigenvalue weighted by Crippen LogP contribution is 2.57. The standard InChI is InChI=1S/C23H28ClN3O2/c1-15-7-19(3-4-20(15)24)29-14-27-6-5-21(25-27)22(28)26(2)23-11-16-8-17(12-23)10-18(9-16)13-23/h3-7,16-18H,8-14H2,1-2H3. The van der Waals surface area contributed by atoms with Gasteiger partial charge in [-0.25, -0.2) is 4.68 Å². The van der Waals surface area contributed by atoms with Crippen LogP contribution in [0.2, 0.25) is 5.02 Å². The van der Waals surface area contributed by atoms with Gasteiger partial charge in [0.05, 0.1) is 0 Å². The Bertz CT molecular complexity index is 903. The molecule has 0 spiro atoms. The van der Waals surface area contributed by atoms with Crippen molar-refractivity contribution >= 4 is 17.5 Å². The van der Waals surface area contributed by atoms with Crippen LogP contribution in [0.25, 0.3) is 0 Å². The van der Waals surface area contributed by atoms with Crippen molar-refractivity contribution in [3.8, 4) is 5.75 Å². The topological polar surface area (TPSA) is 47.4 Å². The molecule has 2 aromatic rings. The summed E-state index contributed by atoms with van der Waals surface area (Å²) in [5, 5.41) is 5.21. The number of ether oxygens (including phenoxy) is 1. The van der Waals surface area contributed by atoms with E-state index in [0.29, 0.717) is 5.69 Å². The molecule has 0 aliphatic heterocycles. The van der Waals surface area contributed by atoms with Gasteiger partial charge in [-0.1, -0.05) is 11.6 Å². The first-order valence-electron chi connectivity index (χ1n) is 10.6. The SMILES string of the molecule is Cc1cc(OCn2ccc(C(=O)N(C)C34CC5CC(CC(C5)C3)C4)n2)ccc1Cl. The zero-order chi connectivity index (χ0) is 20.2. The third-order valence-corrected chi connectivity index (χ3v) is 7.80. The number of amides is 1. The average molecular weight is 414 g/mol. The first-order valence-corrected chi connectivity index (χ1v) is 11.0. The van der Waals surface area contributed by atoms with Gasteiger partial charge in [0.25, 0.3) is 5.91 Å². The molecule has 0 N–H and O–H groups in total. The second kappa shape index (κ2) is 7.05. The monoisotopic (exact) mass is 413 g/mol. The summed E-state index contributed by atoms with van der Waals surface area (Å²) in [6.45, 7) is 2.20. The van der Waals surface area contributed by atoms with Crippen molar-refractivity contribution in [3.63, 3.8) is 0 Å². The molecule has 1 aromatic heterocycles. The van der Waals surface area contributed by atoms with E-state index in [9.17, 15) is 4.79 Å². The van der Waals surface area contributed by atoms with Crippen molar-refractivity contribution in [1.82, 2.24) is 14.7 Å². The Balaban J connectivity index is 1.26. The van der Waals surface area contributed by atoms with Crippen LogP contribution < -0.4 is 4.74 Å². The van der Waals surface area contributed by atoms with Gasteiger partial charge in [0.15, 0.2) is 12.4 Å². The van der Waals surface area contributed by atoms with Gasteiger partial charge in [0.2, 0.25) is 0 Å². The van der Waals surface area contributed by atoms with E-state index in [2.05, 4.69) is 5.10 Å². The summed E-state index contributed by atoms with van der Waals surface area (Å²) in [4.78, 5) is 15.2. The van der Waals surface area contributed by atoms with Gasteiger partial charge in [-0.15, -0.1) is 0 Å². The Labute approximate surface area is 177 Å². The molecule has 1 amide bonds. The second-order valence-corrected chi connectivity index (χ2v) is 9.84. The smallest absolute Gasteiger partial charge is 0.274 e. The van der Waals surface area contributed by atoms with Crippen molar-refractivity contribution in [2.45, 2.75) is 57.7 Å². The highest BCUT2D eigenvalue weighted by Gasteiger charge is 2.53. The Kier molecular flexibility index (Phi) is 4.61. The number of hydrogen-bond donors (Lipinski definition) is 0. The van der Waals surface area contributed by atoms with Crippen LogP contribution in [0.3, 0.4) is 0 Å². The lowest BCUT2D eigenvalue weighted by Crippen LogP contribution is -2.60. The quantitative estimate of drug-likeness (QED) is 0.698. The maximum atomic E-state index is 13.2. The van der Waals surface area contributed by atoms with Crippen LogP contribution in [0.4, 0.5) is 0 Å². The minimum Gasteiger partial charge on any atom is -0.471 e. The number of hydrogen-bond acceptors (Lipinski definition) is 3. The number of halogens is 1. The summed E-state index contributed by atoms with van der Waals surface area (Å²) < 4.78 is 7.47. The molecule has 0 saturated heterocycles. The minimum atomic E-state index is 0.0352. The van der Waals surface area contributed by atoms with Gasteiger partial charge in [-0.3, -0.25) is 4.79 Å². The van der Waals surface area contributed by atoms with E-state index in [-0.39, 0.29) is 18.2 Å². The van der Waals surface area contributed by atoms with E-state index in [1.807, 2.05) is 43.3 Å². The second-order valence-electron chi connectivity index (χ2n) is 9.43. The number of aromatic nitrogens is 2. The molecule has 4 aliphatic carbocycles. The molecule has 4 saturated carbocycles. The van der Waals surface area contributed by atoms with E-state index in [4.69, 9.17) is 16.3 Å². The highest BCUT2D eigenvalue weighted by atomic mass is 35.5. The van der Waals surface area contributed by atoms with Gasteiger partial charge in [0.1, 0.15) is 5.75 Å². The van der Waals surface area contributed by atoms with Crippen LogP contribution in [-0.4, -0.2) is 33.2 Å². The molecule has 6 rings (SSSR count). The molecule has 4 fully saturated rings. The van der Waals surface area contributed by atoms with Crippen molar-refractivity contribution in [3.05, 3.63) is 46.7 Å². The van der Waals surface area contributed by atoms with Crippen LogP contribution in [0.15, 0.2) is 30.5 Å². The Morgan fingerprint density at radius 3 is 2.48 bits per heavy atom. The van der Waals surface area contributed by atoms with Crippen LogP contribution in [0.5, 0.6) is 5.75 Å². The fraction of sp³-hybridized carbons (Fsp3) is 0.565. The molecule has 0 radical (unpaired) electrons. The number of nitrogens with zero attached hydrogens (tertiary/aromatic N) is 3. The number of rotatable bonds is 5. The molecule has 5 nitrogen and oxygen atoms in total. The first-order chi connectivity index (χ1) is 13.9. The maximum Gasteiger partial charge on any atom is 0.274 e. The van der Waals surface area contributed by atoms with Crippen molar-refractivity contribution in [2.75, 3.05) is 7.05 Å². The average Bonchev–Trinajstić information content (AvgIpc) is 3.16. The van der Waals surface area contributed by atoms with E-state index in [1.165, 1.54) is 38.5 Å². The minimum absolute atomic E-state index is 0.0352. The van der Waals surface area contributed by atoms with Gasteiger partial charge in [0, 0.05) is 23.8 Å². The van der Waals surface area contributed by atoms with Gasteiger partial charge < -0.3 is 9.64 Å². The number of carbonyl (C=O) groups is 1. The maximum absolute atomic E-state index is 13.2. The number of benzene rings is 1. The molecule has 4 aliphatic rings. The molecule has 154 valence electrons. The van der Waals surface area contributed by atoms with Crippen LogP contribution in [0.1, 0.15) is 54.6 Å². The first kappa shape index (κ1) is 19.0. The Hall–Kier alpha value is -2.01. The van der Waals surface area contributed by atoms with Gasteiger partial charge >= 0.3 is 0 Å². The third-order valence-electron chi connectivity index (χ3n) is 7.37. The highest BCUT2D eigenvalue weighted by molar-refractivity contribution is 6.31. The lowest BCUT2D eigenvalue weighted by atomic mass is 9.52. The normalized spacial score (nSPS) is 29.8. The van der Waals surface area contributed by atoms with E-state index in [1.54, 1.807) is 10.7 Å². The lowest BCUT2D eigenvalue weighted by molar-refractivity contribution is -0.0667. The summed E-state index contributed by atoms with van der Waals surface area (Å²) in [5.74, 6) is 3.20. The van der Waals surface area contributed by atoms with Gasteiger partial charge in [-0.05, 0) is 93.0 Å². The molecule has 0 atom stereocenters. The van der Waals surface area contributed by atoms with Crippen molar-refractivity contribution in [1.29, 1.82) is 0 Å². The fourth-order valence-corrected chi connectivity index (χ4v) is 6.38. The fourth-order valence-electron chi connectivity index (χ4n) is 6.26. The summed E-state index contributed by atoms with van der Waals surface area (Å²) >= 11 is 6.06. The molecule has 1 aromatic carbocycles. The summed E-state index contributed by atoms with van der Waals surface area (Å²) in [7, 11) is 1.99. The van der Waals surface area contributed by atoms with Crippen LogP contribution in [0, 0.1) is 24.7 Å². The molecular formula is C23H28ClN3O2. The molecule has 6 heteroatoms.